The average Bonchev–Trinajstić information content (AvgIpc) is 2.64. The lowest BCUT2D eigenvalue weighted by atomic mass is 10.1. The van der Waals surface area contributed by atoms with E-state index in [1.54, 1.807) is 0 Å². The first kappa shape index (κ1) is 14.1. The van der Waals surface area contributed by atoms with Crippen LogP contribution in [-0.4, -0.2) is 16.3 Å². The smallest absolute Gasteiger partial charge is 0.124 e. The van der Waals surface area contributed by atoms with Crippen molar-refractivity contribution in [3.63, 3.8) is 0 Å². The van der Waals surface area contributed by atoms with Crippen molar-refractivity contribution < 1.29 is 0 Å². The van der Waals surface area contributed by atoms with Crippen LogP contribution in [0.15, 0.2) is 6.07 Å². The molecular formula is C14H27N3. The zero-order valence-electron chi connectivity index (χ0n) is 11.8. The Balaban J connectivity index is 2.71. The van der Waals surface area contributed by atoms with Gasteiger partial charge in [-0.1, -0.05) is 34.1 Å². The Morgan fingerprint density at radius 2 is 2.06 bits per heavy atom. The Labute approximate surface area is 106 Å². The van der Waals surface area contributed by atoms with E-state index in [9.17, 15) is 0 Å². The number of nitrogens with one attached hydrogen (secondary N) is 1. The van der Waals surface area contributed by atoms with Gasteiger partial charge in [-0.15, -0.1) is 0 Å². The van der Waals surface area contributed by atoms with E-state index in [2.05, 4.69) is 43.8 Å². The van der Waals surface area contributed by atoms with Crippen LogP contribution in [0, 0.1) is 5.92 Å². The monoisotopic (exact) mass is 237 g/mol. The second kappa shape index (κ2) is 7.36. The first-order valence-corrected chi connectivity index (χ1v) is 6.98. The van der Waals surface area contributed by atoms with Gasteiger partial charge in [0.2, 0.25) is 0 Å². The Hall–Kier alpha value is -0.990. The van der Waals surface area contributed by atoms with Crippen molar-refractivity contribution in [1.82, 2.24) is 9.78 Å². The highest BCUT2D eigenvalue weighted by molar-refractivity contribution is 5.37. The molecule has 0 saturated heterocycles. The van der Waals surface area contributed by atoms with Gasteiger partial charge in [0.05, 0.1) is 5.69 Å². The van der Waals surface area contributed by atoms with E-state index in [1.165, 1.54) is 24.4 Å². The lowest BCUT2D eigenvalue weighted by Gasteiger charge is -2.07. The van der Waals surface area contributed by atoms with Gasteiger partial charge in [0.1, 0.15) is 5.82 Å². The van der Waals surface area contributed by atoms with E-state index in [-0.39, 0.29) is 0 Å². The van der Waals surface area contributed by atoms with Gasteiger partial charge in [-0.25, -0.2) is 4.68 Å². The predicted octanol–water partition coefficient (Wildman–Crippen LogP) is 3.70. The Kier molecular flexibility index (Phi) is 6.09. The summed E-state index contributed by atoms with van der Waals surface area (Å²) >= 11 is 0. The number of hydrogen-bond acceptors (Lipinski definition) is 2. The van der Waals surface area contributed by atoms with Gasteiger partial charge < -0.3 is 5.32 Å². The van der Waals surface area contributed by atoms with Crippen molar-refractivity contribution in [2.75, 3.05) is 11.9 Å². The fourth-order valence-electron chi connectivity index (χ4n) is 1.86. The highest BCUT2D eigenvalue weighted by Gasteiger charge is 2.08. The third-order valence-corrected chi connectivity index (χ3v) is 2.73. The molecule has 98 valence electrons. The summed E-state index contributed by atoms with van der Waals surface area (Å²) in [6, 6.07) is 2.21. The SMILES string of the molecule is CCCCn1nc(CC(C)C)cc1NCCC. The molecule has 0 fully saturated rings. The molecule has 0 bridgehead atoms. The van der Waals surface area contributed by atoms with E-state index in [0.29, 0.717) is 5.92 Å². The van der Waals surface area contributed by atoms with Crippen LogP contribution in [0.1, 0.15) is 52.7 Å². The summed E-state index contributed by atoms with van der Waals surface area (Å²) < 4.78 is 2.14. The molecular weight excluding hydrogens is 210 g/mol. The molecule has 0 spiro atoms. The summed E-state index contributed by atoms with van der Waals surface area (Å²) in [7, 11) is 0. The molecule has 0 amide bonds. The van der Waals surface area contributed by atoms with Gasteiger partial charge in [-0.3, -0.25) is 0 Å². The van der Waals surface area contributed by atoms with Gasteiger partial charge >= 0.3 is 0 Å². The molecule has 0 atom stereocenters. The standard InChI is InChI=1S/C14H27N3/c1-5-7-9-17-14(15-8-6-2)11-13(16-17)10-12(3)4/h11-12,15H,5-10H2,1-4H3. The lowest BCUT2D eigenvalue weighted by Crippen LogP contribution is -2.08. The van der Waals surface area contributed by atoms with Crippen molar-refractivity contribution in [2.45, 2.75) is 59.9 Å². The maximum atomic E-state index is 4.69. The number of unbranched alkanes of at least 4 members (excludes halogenated alkanes) is 1. The first-order chi connectivity index (χ1) is 8.17. The van der Waals surface area contributed by atoms with Gasteiger partial charge in [0.15, 0.2) is 0 Å². The van der Waals surface area contributed by atoms with Crippen LogP contribution in [0.3, 0.4) is 0 Å². The number of hydrogen-bond donors (Lipinski definition) is 1. The van der Waals surface area contributed by atoms with Crippen LogP contribution >= 0.6 is 0 Å². The number of aryl methyl sites for hydroxylation is 1. The summed E-state index contributed by atoms with van der Waals surface area (Å²) in [5, 5.41) is 8.16. The molecule has 0 aliphatic heterocycles. The zero-order chi connectivity index (χ0) is 12.7. The molecule has 0 saturated carbocycles. The third-order valence-electron chi connectivity index (χ3n) is 2.73. The summed E-state index contributed by atoms with van der Waals surface area (Å²) in [5.74, 6) is 1.86. The summed E-state index contributed by atoms with van der Waals surface area (Å²) in [6.07, 6.45) is 4.63. The largest absolute Gasteiger partial charge is 0.370 e. The van der Waals surface area contributed by atoms with E-state index >= 15 is 0 Å². The normalized spacial score (nSPS) is 11.1. The number of anilines is 1. The van der Waals surface area contributed by atoms with Crippen LogP contribution in [0.25, 0.3) is 0 Å². The highest BCUT2D eigenvalue weighted by atomic mass is 15.3. The van der Waals surface area contributed by atoms with Crippen molar-refractivity contribution in [1.29, 1.82) is 0 Å². The van der Waals surface area contributed by atoms with Gasteiger partial charge in [-0.05, 0) is 25.2 Å². The molecule has 1 rings (SSSR count). The van der Waals surface area contributed by atoms with Crippen molar-refractivity contribution >= 4 is 5.82 Å². The van der Waals surface area contributed by atoms with Crippen LogP contribution in [0.2, 0.25) is 0 Å². The van der Waals surface area contributed by atoms with Crippen molar-refractivity contribution in [2.24, 2.45) is 5.92 Å². The second-order valence-corrected chi connectivity index (χ2v) is 5.12. The summed E-state index contributed by atoms with van der Waals surface area (Å²) in [4.78, 5) is 0. The Morgan fingerprint density at radius 1 is 1.29 bits per heavy atom. The number of nitrogens with zero attached hydrogens (tertiary/aromatic N) is 2. The van der Waals surface area contributed by atoms with Crippen LogP contribution in [0.4, 0.5) is 5.82 Å². The minimum Gasteiger partial charge on any atom is -0.370 e. The van der Waals surface area contributed by atoms with Gasteiger partial charge in [0, 0.05) is 19.2 Å². The number of aromatic nitrogens is 2. The Bertz CT molecular complexity index is 290. The lowest BCUT2D eigenvalue weighted by molar-refractivity contribution is 0.556. The average molecular weight is 237 g/mol. The summed E-state index contributed by atoms with van der Waals surface area (Å²) in [5.41, 5.74) is 1.22. The van der Waals surface area contributed by atoms with E-state index in [0.717, 1.165) is 25.9 Å². The van der Waals surface area contributed by atoms with Crippen LogP contribution in [-0.2, 0) is 13.0 Å². The molecule has 1 N–H and O–H groups in total. The molecule has 0 aromatic carbocycles. The molecule has 1 aromatic heterocycles. The first-order valence-electron chi connectivity index (χ1n) is 6.98. The van der Waals surface area contributed by atoms with Gasteiger partial charge in [-0.2, -0.15) is 5.10 Å². The van der Waals surface area contributed by atoms with Crippen LogP contribution in [0.5, 0.6) is 0 Å². The zero-order valence-corrected chi connectivity index (χ0v) is 11.8. The molecule has 3 heteroatoms. The molecule has 0 unspecified atom stereocenters. The Morgan fingerprint density at radius 3 is 2.65 bits per heavy atom. The topological polar surface area (TPSA) is 29.9 Å². The molecule has 0 aliphatic rings. The summed E-state index contributed by atoms with van der Waals surface area (Å²) in [6.45, 7) is 10.9. The molecule has 1 heterocycles. The maximum Gasteiger partial charge on any atom is 0.124 e. The van der Waals surface area contributed by atoms with E-state index in [4.69, 9.17) is 5.10 Å². The minimum absolute atomic E-state index is 0.670. The quantitative estimate of drug-likeness (QED) is 0.747. The van der Waals surface area contributed by atoms with Crippen molar-refractivity contribution in [3.05, 3.63) is 11.8 Å². The number of rotatable bonds is 8. The molecule has 0 radical (unpaired) electrons. The van der Waals surface area contributed by atoms with E-state index < -0.39 is 0 Å². The highest BCUT2D eigenvalue weighted by Crippen LogP contribution is 2.15. The molecule has 0 aliphatic carbocycles. The van der Waals surface area contributed by atoms with Crippen LogP contribution < -0.4 is 5.32 Å². The molecule has 17 heavy (non-hydrogen) atoms. The second-order valence-electron chi connectivity index (χ2n) is 5.12. The van der Waals surface area contributed by atoms with E-state index in [1.807, 2.05) is 0 Å². The minimum atomic E-state index is 0.670. The fourth-order valence-corrected chi connectivity index (χ4v) is 1.86. The van der Waals surface area contributed by atoms with Gasteiger partial charge in [0.25, 0.3) is 0 Å². The molecule has 1 aromatic rings. The van der Waals surface area contributed by atoms with Crippen molar-refractivity contribution in [3.8, 4) is 0 Å². The molecule has 3 nitrogen and oxygen atoms in total. The third kappa shape index (κ3) is 4.80. The maximum absolute atomic E-state index is 4.69. The predicted molar refractivity (Wildman–Crippen MR) is 74.5 cm³/mol. The fraction of sp³-hybridized carbons (Fsp3) is 0.786.